The van der Waals surface area contributed by atoms with Gasteiger partial charge in [-0.2, -0.15) is 16.8 Å². The Kier molecular flexibility index (Phi) is 17.7. The number of carboxylic acid groups (broad SMARTS) is 4. The summed E-state index contributed by atoms with van der Waals surface area (Å²) in [5, 5.41) is 27.8. The van der Waals surface area contributed by atoms with Crippen molar-refractivity contribution in [2.75, 3.05) is 0 Å². The maximum atomic E-state index is 10.2. The van der Waals surface area contributed by atoms with E-state index in [-0.39, 0.29) is 62.0 Å². The van der Waals surface area contributed by atoms with Crippen molar-refractivity contribution in [1.29, 1.82) is 0 Å². The third kappa shape index (κ3) is 15.9. The molecule has 0 radical (unpaired) electrons. The summed E-state index contributed by atoms with van der Waals surface area (Å²) in [6, 6.07) is 0. The van der Waals surface area contributed by atoms with Gasteiger partial charge in [-0.3, -0.25) is 28.3 Å². The topological polar surface area (TPSA) is 258 Å². The number of hydrogen-bond acceptors (Lipinski definition) is 8. The molecular weight excluding hydrogens is 430 g/mol. The van der Waals surface area contributed by atoms with Crippen molar-refractivity contribution in [3.05, 3.63) is 0 Å². The van der Waals surface area contributed by atoms with E-state index in [0.29, 0.717) is 0 Å². The zero-order valence-corrected chi connectivity index (χ0v) is 19.0. The van der Waals surface area contributed by atoms with Crippen LogP contribution in [-0.4, -0.2) is 80.7 Å². The predicted molar refractivity (Wildman–Crippen MR) is 72.7 cm³/mol. The van der Waals surface area contributed by atoms with Crippen LogP contribution >= 0.6 is 0 Å². The summed E-state index contributed by atoms with van der Waals surface area (Å²) in [5.74, 6) is -7.00. The van der Waals surface area contributed by atoms with Crippen LogP contribution in [0.5, 0.6) is 0 Å². The van der Waals surface area contributed by atoms with Crippen LogP contribution in [0.25, 0.3) is 0 Å². The molecule has 0 aliphatic carbocycles. The second-order valence-electron chi connectivity index (χ2n) is 3.88. The molecule has 6 N–H and O–H groups in total. The van der Waals surface area contributed by atoms with E-state index >= 15 is 0 Å². The minimum Gasteiger partial charge on any atom is -1.00 e. The Morgan fingerprint density at radius 3 is 0.885 bits per heavy atom. The summed E-state index contributed by atoms with van der Waals surface area (Å²) in [6.07, 6.45) is -2.32. The molecule has 0 aromatic heterocycles. The first-order valence-electron chi connectivity index (χ1n) is 5.32. The summed E-state index contributed by atoms with van der Waals surface area (Å²) in [5.41, 5.74) is 0. The first kappa shape index (κ1) is 33.3. The monoisotopic (exact) mass is 444 g/mol. The molecule has 2 atom stereocenters. The Hall–Kier alpha value is -0.300. The average molecular weight is 444 g/mol. The van der Waals surface area contributed by atoms with Crippen LogP contribution in [0.3, 0.4) is 0 Å². The summed E-state index contributed by atoms with van der Waals surface area (Å²) in [7, 11) is -9.68. The molecule has 0 aromatic rings. The Morgan fingerprint density at radius 2 is 0.846 bits per heavy atom. The van der Waals surface area contributed by atoms with Gasteiger partial charge >= 0.3 is 83.0 Å². The Morgan fingerprint density at radius 1 is 0.654 bits per heavy atom. The molecule has 0 saturated carbocycles. The molecule has 26 heavy (non-hydrogen) atoms. The molecule has 14 nitrogen and oxygen atoms in total. The average Bonchev–Trinajstić information content (AvgIpc) is 2.30. The van der Waals surface area contributed by atoms with E-state index in [1.165, 1.54) is 0 Å². The van der Waals surface area contributed by atoms with E-state index in [0.717, 1.165) is 0 Å². The minimum absolute atomic E-state index is 0. The van der Waals surface area contributed by atoms with Gasteiger partial charge < -0.3 is 23.3 Å². The molecule has 0 bridgehead atoms. The van der Waals surface area contributed by atoms with Crippen LogP contribution in [0.15, 0.2) is 0 Å². The van der Waals surface area contributed by atoms with Gasteiger partial charge in [0.1, 0.15) is 0 Å². The first-order chi connectivity index (χ1) is 10.5. The number of carbonyl (C=O) groups is 4. The third-order valence-electron chi connectivity index (χ3n) is 1.99. The molecule has 18 heteroatoms. The van der Waals surface area contributed by atoms with Crippen molar-refractivity contribution in [2.45, 2.75) is 23.3 Å². The molecule has 0 saturated heterocycles. The van der Waals surface area contributed by atoms with E-state index in [4.69, 9.17) is 29.5 Å². The molecule has 0 spiro atoms. The predicted octanol–water partition coefficient (Wildman–Crippen LogP) is -8.16. The van der Waals surface area contributed by atoms with Crippen LogP contribution in [0.1, 0.15) is 15.7 Å². The molecule has 0 aliphatic heterocycles. The normalized spacial score (nSPS) is 12.7. The fraction of sp³-hybridized carbons (Fsp3) is 0.500. The van der Waals surface area contributed by atoms with Gasteiger partial charge in [-0.15, -0.1) is 0 Å². The van der Waals surface area contributed by atoms with Crippen LogP contribution in [0.2, 0.25) is 0 Å². The smallest absolute Gasteiger partial charge is 1.00 e. The maximum Gasteiger partial charge on any atom is 1.00 e. The molecule has 0 rings (SSSR count). The van der Waals surface area contributed by atoms with Crippen molar-refractivity contribution in [3.63, 3.8) is 0 Å². The summed E-state index contributed by atoms with van der Waals surface area (Å²) >= 11 is 0. The molecular formula is C8H14Na2O14S2. The van der Waals surface area contributed by atoms with Crippen LogP contribution in [-0.2, 0) is 39.4 Å². The van der Waals surface area contributed by atoms with Crippen molar-refractivity contribution >= 4 is 44.1 Å². The van der Waals surface area contributed by atoms with E-state index in [9.17, 15) is 36.0 Å². The fourth-order valence-electron chi connectivity index (χ4n) is 0.957. The van der Waals surface area contributed by atoms with Crippen molar-refractivity contribution in [1.82, 2.24) is 0 Å². The van der Waals surface area contributed by atoms with Gasteiger partial charge in [-0.1, -0.05) is 0 Å². The Balaban J connectivity index is -0.0000000756. The quantitative estimate of drug-likeness (QED) is 0.150. The van der Waals surface area contributed by atoms with Crippen molar-refractivity contribution in [3.8, 4) is 0 Å². The third-order valence-corrected chi connectivity index (χ3v) is 4.16. The molecule has 0 aliphatic rings. The Labute approximate surface area is 193 Å². The van der Waals surface area contributed by atoms with Gasteiger partial charge in [-0.05, 0) is 0 Å². The number of aliphatic carboxylic acids is 4. The summed E-state index contributed by atoms with van der Waals surface area (Å²) in [4.78, 5) is 40.0. The SMILES string of the molecule is O=C(O)CC(C(=O)O)S(=O)(=O)O.O=C(O)CC(C(=O)O)S(=O)(=O)O.[H-].[H-].[Na+].[Na+]. The number of rotatable bonds is 8. The number of carboxylic acids is 4. The molecule has 0 amide bonds. The van der Waals surface area contributed by atoms with Gasteiger partial charge in [0.25, 0.3) is 20.2 Å². The van der Waals surface area contributed by atoms with Gasteiger partial charge in [-0.25, -0.2) is 0 Å². The van der Waals surface area contributed by atoms with E-state index < -0.39 is 67.5 Å². The molecule has 2 unspecified atom stereocenters. The zero-order chi connectivity index (χ0) is 19.9. The molecule has 144 valence electrons. The molecule has 0 heterocycles. The van der Waals surface area contributed by atoms with Gasteiger partial charge in [0.15, 0.2) is 10.5 Å². The Bertz CT molecular complexity index is 660. The van der Waals surface area contributed by atoms with Gasteiger partial charge in [0.05, 0.1) is 12.8 Å². The fourth-order valence-corrected chi connectivity index (χ4v) is 2.17. The van der Waals surface area contributed by atoms with Gasteiger partial charge in [0, 0.05) is 0 Å². The van der Waals surface area contributed by atoms with Crippen molar-refractivity contribution < 1.29 is 128 Å². The van der Waals surface area contributed by atoms with Gasteiger partial charge in [0.2, 0.25) is 0 Å². The van der Waals surface area contributed by atoms with E-state index in [1.54, 1.807) is 0 Å². The minimum atomic E-state index is -4.84. The van der Waals surface area contributed by atoms with E-state index in [2.05, 4.69) is 0 Å². The van der Waals surface area contributed by atoms with Crippen LogP contribution < -0.4 is 59.1 Å². The largest absolute Gasteiger partial charge is 1.00 e. The summed E-state index contributed by atoms with van der Waals surface area (Å²) in [6.45, 7) is 0. The second kappa shape index (κ2) is 13.8. The first-order valence-corrected chi connectivity index (χ1v) is 8.32. The standard InChI is InChI=1S/2C4H6O7S.2Na.2H/c2*5-3(6)1-2(4(7)8)12(9,10)11;;;;/h2*2H,1H2,(H,5,6)(H,7,8)(H,9,10,11);;;;/q;;2*+1;2*-1. The van der Waals surface area contributed by atoms with Crippen LogP contribution in [0, 0.1) is 0 Å². The second-order valence-corrected chi connectivity index (χ2v) is 7.08. The van der Waals surface area contributed by atoms with Crippen molar-refractivity contribution in [2.24, 2.45) is 0 Å². The zero-order valence-electron chi connectivity index (χ0n) is 15.3. The molecule has 0 aromatic carbocycles. The summed E-state index contributed by atoms with van der Waals surface area (Å²) < 4.78 is 57.3. The maximum absolute atomic E-state index is 10.2. The van der Waals surface area contributed by atoms with Crippen LogP contribution in [0.4, 0.5) is 0 Å². The van der Waals surface area contributed by atoms with E-state index in [1.807, 2.05) is 0 Å². The number of hydrogen-bond donors (Lipinski definition) is 6. The molecule has 0 fully saturated rings.